The number of unbranched alkanes of at least 4 members (excludes halogenated alkanes) is 1. The number of hydrogen-bond acceptors (Lipinski definition) is 6. The fraction of sp³-hybridized carbons (Fsp3) is 0.375. The van der Waals surface area contributed by atoms with Crippen LogP contribution in [-0.4, -0.2) is 64.7 Å². The highest BCUT2D eigenvalue weighted by Crippen LogP contribution is 2.32. The third kappa shape index (κ3) is 8.97. The van der Waals surface area contributed by atoms with Gasteiger partial charge in [0.2, 0.25) is 21.8 Å². The van der Waals surface area contributed by atoms with Crippen molar-refractivity contribution < 1.29 is 27.5 Å². The molecule has 42 heavy (non-hydrogen) atoms. The third-order valence-electron chi connectivity index (χ3n) is 6.87. The zero-order valence-corrected chi connectivity index (χ0v) is 25.8. The number of benzene rings is 3. The van der Waals surface area contributed by atoms with Gasteiger partial charge in [0.25, 0.3) is 0 Å². The Morgan fingerprint density at radius 3 is 2.21 bits per heavy atom. The molecule has 3 aromatic carbocycles. The molecule has 2 amide bonds. The van der Waals surface area contributed by atoms with Gasteiger partial charge in [0.15, 0.2) is 11.5 Å². The lowest BCUT2D eigenvalue weighted by Crippen LogP contribution is -2.53. The summed E-state index contributed by atoms with van der Waals surface area (Å²) >= 11 is 0. The lowest BCUT2D eigenvalue weighted by Gasteiger charge is -2.33. The second-order valence-corrected chi connectivity index (χ2v) is 12.1. The van der Waals surface area contributed by atoms with E-state index in [1.54, 1.807) is 12.1 Å². The molecular weight excluding hydrogens is 554 g/mol. The van der Waals surface area contributed by atoms with Crippen LogP contribution in [0, 0.1) is 6.92 Å². The number of aryl methyl sites for hydroxylation is 1. The van der Waals surface area contributed by atoms with Crippen molar-refractivity contribution in [3.05, 3.63) is 89.5 Å². The Balaban J connectivity index is 2.06. The van der Waals surface area contributed by atoms with E-state index in [4.69, 9.17) is 9.47 Å². The van der Waals surface area contributed by atoms with Gasteiger partial charge in [-0.3, -0.25) is 13.9 Å². The molecule has 0 saturated carbocycles. The first-order chi connectivity index (χ1) is 20.1. The second kappa shape index (κ2) is 15.3. The maximum atomic E-state index is 14.2. The molecule has 226 valence electrons. The van der Waals surface area contributed by atoms with Crippen LogP contribution in [0.2, 0.25) is 0 Å². The topological polar surface area (TPSA) is 105 Å². The standard InChI is InChI=1S/C32H41N3O6S/c1-6-7-18-33-32(37)28(20-25-13-9-8-10-14-25)34(22-26-15-11-12-24(2)19-26)31(36)23-35(42(5,38)39)27-16-17-29(40-3)30(21-27)41-4/h8-17,19,21,28H,6-7,18,20,22-23H2,1-5H3,(H,33,37). The van der Waals surface area contributed by atoms with Crippen molar-refractivity contribution in [2.75, 3.05) is 37.9 Å². The molecule has 1 unspecified atom stereocenters. The number of hydrogen-bond donors (Lipinski definition) is 1. The molecule has 0 fully saturated rings. The maximum Gasteiger partial charge on any atom is 0.244 e. The highest BCUT2D eigenvalue weighted by molar-refractivity contribution is 7.92. The zero-order valence-electron chi connectivity index (χ0n) is 25.0. The smallest absolute Gasteiger partial charge is 0.244 e. The number of anilines is 1. The summed E-state index contributed by atoms with van der Waals surface area (Å²) in [6.45, 7) is 4.09. The fourth-order valence-corrected chi connectivity index (χ4v) is 5.50. The van der Waals surface area contributed by atoms with Crippen LogP contribution in [-0.2, 0) is 32.6 Å². The van der Waals surface area contributed by atoms with Gasteiger partial charge in [0, 0.05) is 25.6 Å². The van der Waals surface area contributed by atoms with Crippen molar-refractivity contribution in [1.29, 1.82) is 0 Å². The number of carbonyl (C=O) groups is 2. The summed E-state index contributed by atoms with van der Waals surface area (Å²) in [7, 11) is -0.970. The molecule has 0 aromatic heterocycles. The van der Waals surface area contributed by atoms with Gasteiger partial charge >= 0.3 is 0 Å². The molecule has 3 rings (SSSR count). The molecule has 0 aliphatic heterocycles. The van der Waals surface area contributed by atoms with E-state index in [0.717, 1.165) is 40.1 Å². The predicted octanol–water partition coefficient (Wildman–Crippen LogP) is 4.33. The van der Waals surface area contributed by atoms with E-state index in [2.05, 4.69) is 5.32 Å². The number of carbonyl (C=O) groups excluding carboxylic acids is 2. The summed E-state index contributed by atoms with van der Waals surface area (Å²) in [5.74, 6) is -0.0487. The summed E-state index contributed by atoms with van der Waals surface area (Å²) in [6.07, 6.45) is 3.02. The zero-order chi connectivity index (χ0) is 30.7. The van der Waals surface area contributed by atoms with E-state index in [9.17, 15) is 18.0 Å². The molecule has 1 atom stereocenters. The van der Waals surface area contributed by atoms with Crippen molar-refractivity contribution in [3.8, 4) is 11.5 Å². The number of ether oxygens (including phenoxy) is 2. The number of sulfonamides is 1. The number of nitrogens with one attached hydrogen (secondary N) is 1. The molecule has 0 aliphatic rings. The maximum absolute atomic E-state index is 14.2. The first-order valence-corrected chi connectivity index (χ1v) is 15.8. The Morgan fingerprint density at radius 2 is 1.60 bits per heavy atom. The molecule has 0 radical (unpaired) electrons. The molecule has 1 N–H and O–H groups in total. The molecule has 0 heterocycles. The van der Waals surface area contributed by atoms with Crippen molar-refractivity contribution in [2.24, 2.45) is 0 Å². The molecule has 0 bridgehead atoms. The van der Waals surface area contributed by atoms with Gasteiger partial charge in [-0.1, -0.05) is 73.5 Å². The summed E-state index contributed by atoms with van der Waals surface area (Å²) in [5, 5.41) is 2.98. The van der Waals surface area contributed by atoms with Crippen LogP contribution < -0.4 is 19.1 Å². The normalized spacial score (nSPS) is 11.8. The minimum atomic E-state index is -3.90. The Kier molecular flexibility index (Phi) is 11.8. The summed E-state index contributed by atoms with van der Waals surface area (Å²) in [4.78, 5) is 29.3. The van der Waals surface area contributed by atoms with Crippen molar-refractivity contribution in [1.82, 2.24) is 10.2 Å². The Bertz CT molecular complexity index is 1450. The highest BCUT2D eigenvalue weighted by Gasteiger charge is 2.33. The monoisotopic (exact) mass is 595 g/mol. The van der Waals surface area contributed by atoms with Crippen LogP contribution in [0.3, 0.4) is 0 Å². The summed E-state index contributed by atoms with van der Waals surface area (Å²) in [5.41, 5.74) is 2.97. The average Bonchev–Trinajstić information content (AvgIpc) is 2.97. The Labute approximate surface area is 249 Å². The fourth-order valence-electron chi connectivity index (χ4n) is 4.66. The Hall–Kier alpha value is -4.05. The molecular formula is C32H41N3O6S. The van der Waals surface area contributed by atoms with Crippen LogP contribution >= 0.6 is 0 Å². The molecule has 0 aliphatic carbocycles. The van der Waals surface area contributed by atoms with E-state index >= 15 is 0 Å². The summed E-state index contributed by atoms with van der Waals surface area (Å²) < 4.78 is 37.7. The number of amides is 2. The first-order valence-electron chi connectivity index (χ1n) is 13.9. The van der Waals surface area contributed by atoms with Gasteiger partial charge in [0.05, 0.1) is 26.2 Å². The lowest BCUT2D eigenvalue weighted by atomic mass is 10.0. The molecule has 10 heteroatoms. The van der Waals surface area contributed by atoms with Crippen LogP contribution in [0.15, 0.2) is 72.8 Å². The van der Waals surface area contributed by atoms with Gasteiger partial charge in [0.1, 0.15) is 12.6 Å². The van der Waals surface area contributed by atoms with Crippen LogP contribution in [0.25, 0.3) is 0 Å². The number of rotatable bonds is 15. The number of nitrogens with zero attached hydrogens (tertiary/aromatic N) is 2. The van der Waals surface area contributed by atoms with Crippen molar-refractivity contribution >= 4 is 27.5 Å². The minimum absolute atomic E-state index is 0.128. The molecule has 3 aromatic rings. The van der Waals surface area contributed by atoms with Gasteiger partial charge in [-0.2, -0.15) is 0 Å². The lowest BCUT2D eigenvalue weighted by molar-refractivity contribution is -0.140. The van der Waals surface area contributed by atoms with Gasteiger partial charge < -0.3 is 19.7 Å². The predicted molar refractivity (Wildman–Crippen MR) is 165 cm³/mol. The first kappa shape index (κ1) is 32.5. The third-order valence-corrected chi connectivity index (χ3v) is 8.01. The SMILES string of the molecule is CCCCNC(=O)C(Cc1ccccc1)N(Cc1cccc(C)c1)C(=O)CN(c1ccc(OC)c(OC)c1)S(C)(=O)=O. The van der Waals surface area contributed by atoms with Gasteiger partial charge in [-0.15, -0.1) is 0 Å². The highest BCUT2D eigenvalue weighted by atomic mass is 32.2. The average molecular weight is 596 g/mol. The van der Waals surface area contributed by atoms with Gasteiger partial charge in [-0.25, -0.2) is 8.42 Å². The van der Waals surface area contributed by atoms with E-state index in [0.29, 0.717) is 18.0 Å². The minimum Gasteiger partial charge on any atom is -0.493 e. The molecule has 0 saturated heterocycles. The van der Waals surface area contributed by atoms with E-state index < -0.39 is 28.5 Å². The quantitative estimate of drug-likeness (QED) is 0.262. The Morgan fingerprint density at radius 1 is 0.905 bits per heavy atom. The second-order valence-electron chi connectivity index (χ2n) is 10.2. The van der Waals surface area contributed by atoms with Crippen LogP contribution in [0.1, 0.15) is 36.5 Å². The molecule has 9 nitrogen and oxygen atoms in total. The van der Waals surface area contributed by atoms with Crippen LogP contribution in [0.5, 0.6) is 11.5 Å². The van der Waals surface area contributed by atoms with Crippen molar-refractivity contribution in [3.63, 3.8) is 0 Å². The van der Waals surface area contributed by atoms with E-state index in [1.807, 2.05) is 68.4 Å². The van der Waals surface area contributed by atoms with Crippen molar-refractivity contribution in [2.45, 2.75) is 45.7 Å². The van der Waals surface area contributed by atoms with E-state index in [-0.39, 0.29) is 24.6 Å². The van der Waals surface area contributed by atoms with E-state index in [1.165, 1.54) is 25.2 Å². The largest absolute Gasteiger partial charge is 0.493 e. The summed E-state index contributed by atoms with van der Waals surface area (Å²) in [6, 6.07) is 21.0. The van der Waals surface area contributed by atoms with Crippen LogP contribution in [0.4, 0.5) is 5.69 Å². The number of methoxy groups -OCH3 is 2. The molecule has 0 spiro atoms. The van der Waals surface area contributed by atoms with Gasteiger partial charge in [-0.05, 0) is 36.6 Å².